The van der Waals surface area contributed by atoms with Gasteiger partial charge in [0, 0.05) is 6.54 Å². The minimum Gasteiger partial charge on any atom is -0.354 e. The van der Waals surface area contributed by atoms with E-state index in [9.17, 15) is 9.59 Å². The Morgan fingerprint density at radius 1 is 1.00 bits per heavy atom. The van der Waals surface area contributed by atoms with Gasteiger partial charge in [-0.1, -0.05) is 68.9 Å². The quantitative estimate of drug-likeness (QED) is 0.791. The van der Waals surface area contributed by atoms with E-state index in [1.165, 1.54) is 44.1 Å². The Bertz CT molecular complexity index is 660. The van der Waals surface area contributed by atoms with Gasteiger partial charge in [0.25, 0.3) is 0 Å². The first-order chi connectivity index (χ1) is 13.2. The highest BCUT2D eigenvalue weighted by atomic mass is 16.2. The molecule has 3 aliphatic rings. The number of β-lactam (4-membered cyclic amide) rings is 1. The number of likely N-dealkylation sites (tertiary alicyclic amines) is 1. The molecule has 0 aromatic heterocycles. The summed E-state index contributed by atoms with van der Waals surface area (Å²) in [6.45, 7) is 0.967. The molecule has 1 aromatic rings. The molecule has 1 atom stereocenters. The van der Waals surface area contributed by atoms with E-state index in [0.717, 1.165) is 32.2 Å². The van der Waals surface area contributed by atoms with Crippen molar-refractivity contribution in [2.24, 2.45) is 11.3 Å². The predicted octanol–water partition coefficient (Wildman–Crippen LogP) is 4.22. The summed E-state index contributed by atoms with van der Waals surface area (Å²) in [5.74, 6) is 0.814. The van der Waals surface area contributed by atoms with Crippen molar-refractivity contribution in [1.82, 2.24) is 10.2 Å². The third-order valence-corrected chi connectivity index (χ3v) is 7.01. The second kappa shape index (κ2) is 8.04. The molecule has 1 saturated heterocycles. The fraction of sp³-hybridized carbons (Fsp3) is 0.652. The summed E-state index contributed by atoms with van der Waals surface area (Å²) in [4.78, 5) is 27.5. The van der Waals surface area contributed by atoms with Crippen molar-refractivity contribution in [3.05, 3.63) is 35.9 Å². The normalized spacial score (nSPS) is 25.3. The highest BCUT2D eigenvalue weighted by molar-refractivity contribution is 5.94. The first-order valence-electron chi connectivity index (χ1n) is 10.8. The van der Waals surface area contributed by atoms with Crippen molar-refractivity contribution in [2.75, 3.05) is 13.1 Å². The molecule has 1 heterocycles. The average molecular weight is 369 g/mol. The number of rotatable bonds is 5. The number of carbonyl (C=O) groups excluding carboxylic acids is 2. The summed E-state index contributed by atoms with van der Waals surface area (Å²) in [5, 5.41) is 3.10. The Kier molecular flexibility index (Phi) is 5.51. The van der Waals surface area contributed by atoms with Crippen LogP contribution in [-0.4, -0.2) is 29.8 Å². The summed E-state index contributed by atoms with van der Waals surface area (Å²) in [6.07, 6.45) is 11.7. The van der Waals surface area contributed by atoms with Crippen LogP contribution in [0.3, 0.4) is 0 Å². The van der Waals surface area contributed by atoms with Gasteiger partial charge in [0.05, 0.1) is 11.5 Å². The SMILES string of the molecule is O=C(CN1C(=O)C2(CCCCC2)C1c1ccccc1)NCC1CCCCC1. The number of carbonyl (C=O) groups is 2. The molecule has 2 saturated carbocycles. The first-order valence-corrected chi connectivity index (χ1v) is 10.8. The Balaban J connectivity index is 1.42. The molecular formula is C23H32N2O2. The van der Waals surface area contributed by atoms with Gasteiger partial charge in [-0.15, -0.1) is 0 Å². The second-order valence-corrected chi connectivity index (χ2v) is 8.77. The standard InChI is InChI=1S/C23H32N2O2/c26-20(24-16-18-10-4-1-5-11-18)17-25-21(19-12-6-2-7-13-19)23(22(25)27)14-8-3-9-15-23/h2,6-7,12-13,18,21H,1,3-5,8-11,14-17H2,(H,24,26). The lowest BCUT2D eigenvalue weighted by atomic mass is 9.60. The Labute approximate surface area is 162 Å². The van der Waals surface area contributed by atoms with Crippen molar-refractivity contribution in [3.8, 4) is 0 Å². The van der Waals surface area contributed by atoms with Crippen molar-refractivity contribution >= 4 is 11.8 Å². The van der Waals surface area contributed by atoms with Gasteiger partial charge in [0.15, 0.2) is 0 Å². The Morgan fingerprint density at radius 2 is 1.67 bits per heavy atom. The van der Waals surface area contributed by atoms with Crippen molar-refractivity contribution in [2.45, 2.75) is 70.3 Å². The van der Waals surface area contributed by atoms with Crippen LogP contribution in [0, 0.1) is 11.3 Å². The van der Waals surface area contributed by atoms with Crippen LogP contribution in [0.4, 0.5) is 0 Å². The summed E-state index contributed by atoms with van der Waals surface area (Å²) in [7, 11) is 0. The molecule has 1 N–H and O–H groups in total. The molecule has 0 bridgehead atoms. The molecule has 3 fully saturated rings. The highest BCUT2D eigenvalue weighted by Gasteiger charge is 2.60. The molecule has 2 aliphatic carbocycles. The van der Waals surface area contributed by atoms with Gasteiger partial charge in [0.2, 0.25) is 11.8 Å². The summed E-state index contributed by atoms with van der Waals surface area (Å²) in [5.41, 5.74) is 0.919. The fourth-order valence-corrected chi connectivity index (χ4v) is 5.58. The molecule has 4 heteroatoms. The number of hydrogen-bond donors (Lipinski definition) is 1. The minimum atomic E-state index is -0.261. The molecule has 2 amide bonds. The van der Waals surface area contributed by atoms with E-state index in [4.69, 9.17) is 0 Å². The third-order valence-electron chi connectivity index (χ3n) is 7.01. The van der Waals surface area contributed by atoms with E-state index in [1.807, 2.05) is 23.1 Å². The van der Waals surface area contributed by atoms with Gasteiger partial charge in [-0.3, -0.25) is 9.59 Å². The lowest BCUT2D eigenvalue weighted by molar-refractivity contribution is -0.180. The van der Waals surface area contributed by atoms with E-state index in [-0.39, 0.29) is 29.8 Å². The fourth-order valence-electron chi connectivity index (χ4n) is 5.58. The van der Waals surface area contributed by atoms with Gasteiger partial charge in [-0.25, -0.2) is 0 Å². The molecule has 1 aliphatic heterocycles. The molecule has 1 spiro atoms. The van der Waals surface area contributed by atoms with Crippen LogP contribution in [0.1, 0.15) is 75.8 Å². The topological polar surface area (TPSA) is 49.4 Å². The maximum absolute atomic E-state index is 13.1. The van der Waals surface area contributed by atoms with E-state index < -0.39 is 0 Å². The van der Waals surface area contributed by atoms with Crippen LogP contribution in [0.25, 0.3) is 0 Å². The lowest BCUT2D eigenvalue weighted by Gasteiger charge is -2.58. The van der Waals surface area contributed by atoms with E-state index >= 15 is 0 Å². The third kappa shape index (κ3) is 3.63. The molecule has 27 heavy (non-hydrogen) atoms. The van der Waals surface area contributed by atoms with E-state index in [0.29, 0.717) is 5.92 Å². The van der Waals surface area contributed by atoms with Gasteiger partial charge >= 0.3 is 0 Å². The minimum absolute atomic E-state index is 0.000476. The summed E-state index contributed by atoms with van der Waals surface area (Å²) >= 11 is 0. The predicted molar refractivity (Wildman–Crippen MR) is 106 cm³/mol. The summed E-state index contributed by atoms with van der Waals surface area (Å²) < 4.78 is 0. The van der Waals surface area contributed by atoms with Crippen LogP contribution >= 0.6 is 0 Å². The van der Waals surface area contributed by atoms with Crippen LogP contribution in [0.15, 0.2) is 30.3 Å². The number of hydrogen-bond acceptors (Lipinski definition) is 2. The van der Waals surface area contributed by atoms with Gasteiger partial charge in [-0.2, -0.15) is 0 Å². The van der Waals surface area contributed by atoms with E-state index in [1.54, 1.807) is 0 Å². The molecule has 1 aromatic carbocycles. The van der Waals surface area contributed by atoms with Gasteiger partial charge in [-0.05, 0) is 37.2 Å². The van der Waals surface area contributed by atoms with Gasteiger partial charge < -0.3 is 10.2 Å². The molecule has 4 nitrogen and oxygen atoms in total. The van der Waals surface area contributed by atoms with Crippen molar-refractivity contribution in [3.63, 3.8) is 0 Å². The van der Waals surface area contributed by atoms with Crippen molar-refractivity contribution in [1.29, 1.82) is 0 Å². The maximum Gasteiger partial charge on any atom is 0.239 e. The number of amides is 2. The highest BCUT2D eigenvalue weighted by Crippen LogP contribution is 2.57. The molecule has 4 rings (SSSR count). The van der Waals surface area contributed by atoms with Crippen LogP contribution in [0.2, 0.25) is 0 Å². The van der Waals surface area contributed by atoms with Crippen LogP contribution in [0.5, 0.6) is 0 Å². The zero-order chi connectivity index (χ0) is 18.7. The molecule has 146 valence electrons. The zero-order valence-corrected chi connectivity index (χ0v) is 16.3. The molecular weight excluding hydrogens is 336 g/mol. The monoisotopic (exact) mass is 368 g/mol. The first kappa shape index (κ1) is 18.5. The van der Waals surface area contributed by atoms with Crippen LogP contribution < -0.4 is 5.32 Å². The molecule has 1 unspecified atom stereocenters. The largest absolute Gasteiger partial charge is 0.354 e. The number of nitrogens with one attached hydrogen (secondary N) is 1. The smallest absolute Gasteiger partial charge is 0.239 e. The number of benzene rings is 1. The Hall–Kier alpha value is -1.84. The van der Waals surface area contributed by atoms with Gasteiger partial charge in [0.1, 0.15) is 6.54 Å². The Morgan fingerprint density at radius 3 is 2.37 bits per heavy atom. The van der Waals surface area contributed by atoms with Crippen molar-refractivity contribution < 1.29 is 9.59 Å². The lowest BCUT2D eigenvalue weighted by Crippen LogP contribution is -2.65. The average Bonchev–Trinajstić information content (AvgIpc) is 2.74. The van der Waals surface area contributed by atoms with Crippen LogP contribution in [-0.2, 0) is 9.59 Å². The maximum atomic E-state index is 13.1. The zero-order valence-electron chi connectivity index (χ0n) is 16.3. The molecule has 0 radical (unpaired) electrons. The number of nitrogens with zero attached hydrogens (tertiary/aromatic N) is 1. The summed E-state index contributed by atoms with van der Waals surface area (Å²) in [6, 6.07) is 10.4. The second-order valence-electron chi connectivity index (χ2n) is 8.77. The van der Waals surface area contributed by atoms with E-state index in [2.05, 4.69) is 17.4 Å².